The van der Waals surface area contributed by atoms with Crippen molar-refractivity contribution in [1.82, 2.24) is 0 Å². The van der Waals surface area contributed by atoms with Gasteiger partial charge in [0.2, 0.25) is 5.91 Å². The number of amides is 1. The molecule has 122 valence electrons. The minimum Gasteiger partial charge on any atom is -0.508 e. The Balaban J connectivity index is 1.99. The van der Waals surface area contributed by atoms with E-state index in [1.165, 1.54) is 7.11 Å². The van der Waals surface area contributed by atoms with Crippen LogP contribution in [0.15, 0.2) is 24.3 Å². The second-order valence-electron chi connectivity index (χ2n) is 5.29. The molecule has 0 fully saturated rings. The molecule has 0 radical (unpaired) electrons. The third kappa shape index (κ3) is 8.29. The number of ether oxygens (including phenoxy) is 1. The van der Waals surface area contributed by atoms with E-state index in [0.29, 0.717) is 18.5 Å². The lowest BCUT2D eigenvalue weighted by Gasteiger charge is -2.05. The fraction of sp³-hybridized carbons (Fsp3) is 0.529. The van der Waals surface area contributed by atoms with Crippen LogP contribution >= 0.6 is 0 Å². The van der Waals surface area contributed by atoms with Crippen LogP contribution in [0.2, 0.25) is 0 Å². The van der Waals surface area contributed by atoms with Crippen LogP contribution < -0.4 is 5.32 Å². The predicted octanol–water partition coefficient (Wildman–Crippen LogP) is 3.62. The maximum Gasteiger partial charge on any atom is 0.305 e. The zero-order valence-corrected chi connectivity index (χ0v) is 13.1. The smallest absolute Gasteiger partial charge is 0.305 e. The zero-order valence-electron chi connectivity index (χ0n) is 13.1. The first-order valence-corrected chi connectivity index (χ1v) is 7.77. The second-order valence-corrected chi connectivity index (χ2v) is 5.29. The van der Waals surface area contributed by atoms with E-state index in [1.807, 2.05) is 0 Å². The number of hydrogen-bond acceptors (Lipinski definition) is 4. The number of benzene rings is 1. The summed E-state index contributed by atoms with van der Waals surface area (Å²) in [5.41, 5.74) is 0.700. The number of carbonyl (C=O) groups excluding carboxylic acids is 2. The first-order valence-electron chi connectivity index (χ1n) is 7.77. The van der Waals surface area contributed by atoms with E-state index in [1.54, 1.807) is 24.3 Å². The van der Waals surface area contributed by atoms with E-state index in [0.717, 1.165) is 38.5 Å². The van der Waals surface area contributed by atoms with E-state index in [2.05, 4.69) is 10.1 Å². The molecule has 22 heavy (non-hydrogen) atoms. The number of carbonyl (C=O) groups is 2. The topological polar surface area (TPSA) is 75.6 Å². The molecule has 0 aliphatic rings. The summed E-state index contributed by atoms with van der Waals surface area (Å²) < 4.78 is 4.58. The third-order valence-electron chi connectivity index (χ3n) is 3.41. The van der Waals surface area contributed by atoms with Crippen molar-refractivity contribution in [2.45, 2.75) is 51.4 Å². The molecular formula is C17H25NO4. The summed E-state index contributed by atoms with van der Waals surface area (Å²) >= 11 is 0. The molecule has 0 heterocycles. The summed E-state index contributed by atoms with van der Waals surface area (Å²) in [6.07, 6.45) is 6.92. The molecule has 1 amide bonds. The van der Waals surface area contributed by atoms with Gasteiger partial charge in [-0.1, -0.05) is 25.7 Å². The maximum absolute atomic E-state index is 11.7. The van der Waals surface area contributed by atoms with Crippen LogP contribution in [-0.2, 0) is 14.3 Å². The van der Waals surface area contributed by atoms with Crippen molar-refractivity contribution in [3.63, 3.8) is 0 Å². The summed E-state index contributed by atoms with van der Waals surface area (Å²) in [5.74, 6) is 0.0347. The molecular weight excluding hydrogens is 282 g/mol. The largest absolute Gasteiger partial charge is 0.508 e. The monoisotopic (exact) mass is 307 g/mol. The zero-order chi connectivity index (χ0) is 16.2. The normalized spacial score (nSPS) is 10.2. The Kier molecular flexibility index (Phi) is 8.72. The highest BCUT2D eigenvalue weighted by Gasteiger charge is 2.03. The van der Waals surface area contributed by atoms with Gasteiger partial charge >= 0.3 is 5.97 Å². The van der Waals surface area contributed by atoms with Crippen LogP contribution in [0.5, 0.6) is 5.75 Å². The van der Waals surface area contributed by atoms with E-state index in [-0.39, 0.29) is 17.6 Å². The van der Waals surface area contributed by atoms with Crippen molar-refractivity contribution in [3.05, 3.63) is 24.3 Å². The molecule has 1 rings (SSSR count). The van der Waals surface area contributed by atoms with Crippen molar-refractivity contribution < 1.29 is 19.4 Å². The first kappa shape index (κ1) is 18.0. The van der Waals surface area contributed by atoms with Gasteiger partial charge < -0.3 is 15.2 Å². The number of nitrogens with one attached hydrogen (secondary N) is 1. The Morgan fingerprint density at radius 3 is 2.09 bits per heavy atom. The molecule has 0 unspecified atom stereocenters. The Bertz CT molecular complexity index is 456. The number of esters is 1. The number of aromatic hydroxyl groups is 1. The number of hydrogen-bond donors (Lipinski definition) is 2. The van der Waals surface area contributed by atoms with Crippen LogP contribution in [0.4, 0.5) is 5.69 Å². The standard InChI is InChI=1S/C17H25NO4/c1-22-17(21)9-7-5-3-2-4-6-8-16(20)18-14-10-12-15(19)13-11-14/h10-13,19H,2-9H2,1H3,(H,18,20). The van der Waals surface area contributed by atoms with Crippen LogP contribution in [-0.4, -0.2) is 24.1 Å². The van der Waals surface area contributed by atoms with Crippen molar-refractivity contribution in [3.8, 4) is 5.75 Å². The Morgan fingerprint density at radius 1 is 0.955 bits per heavy atom. The number of rotatable bonds is 10. The quantitative estimate of drug-likeness (QED) is 0.393. The van der Waals surface area contributed by atoms with Gasteiger partial charge in [-0.2, -0.15) is 0 Å². The van der Waals surface area contributed by atoms with E-state index < -0.39 is 0 Å². The lowest BCUT2D eigenvalue weighted by atomic mass is 10.1. The SMILES string of the molecule is COC(=O)CCCCCCCCC(=O)Nc1ccc(O)cc1. The molecule has 0 saturated carbocycles. The molecule has 2 N–H and O–H groups in total. The summed E-state index contributed by atoms with van der Waals surface area (Å²) in [6.45, 7) is 0. The van der Waals surface area contributed by atoms with E-state index >= 15 is 0 Å². The Hall–Kier alpha value is -2.04. The van der Waals surface area contributed by atoms with Crippen molar-refractivity contribution in [2.24, 2.45) is 0 Å². The van der Waals surface area contributed by atoms with Crippen LogP contribution in [0, 0.1) is 0 Å². The van der Waals surface area contributed by atoms with Gasteiger partial charge in [-0.25, -0.2) is 0 Å². The number of unbranched alkanes of at least 4 members (excludes halogenated alkanes) is 5. The highest BCUT2D eigenvalue weighted by Crippen LogP contribution is 2.14. The molecule has 5 nitrogen and oxygen atoms in total. The average molecular weight is 307 g/mol. The van der Waals surface area contributed by atoms with Crippen LogP contribution in [0.25, 0.3) is 0 Å². The Morgan fingerprint density at radius 2 is 1.50 bits per heavy atom. The minimum atomic E-state index is -0.147. The van der Waals surface area contributed by atoms with Gasteiger partial charge in [0.15, 0.2) is 0 Å². The summed E-state index contributed by atoms with van der Waals surface area (Å²) in [5, 5.41) is 12.0. The van der Waals surface area contributed by atoms with Crippen LogP contribution in [0.1, 0.15) is 51.4 Å². The molecule has 1 aromatic carbocycles. The third-order valence-corrected chi connectivity index (χ3v) is 3.41. The second kappa shape index (κ2) is 10.7. The van der Waals surface area contributed by atoms with Gasteiger partial charge in [0.25, 0.3) is 0 Å². The van der Waals surface area contributed by atoms with Gasteiger partial charge in [-0.15, -0.1) is 0 Å². The van der Waals surface area contributed by atoms with Gasteiger partial charge in [0.1, 0.15) is 5.75 Å². The van der Waals surface area contributed by atoms with Gasteiger partial charge in [0.05, 0.1) is 7.11 Å². The van der Waals surface area contributed by atoms with E-state index in [9.17, 15) is 9.59 Å². The lowest BCUT2D eigenvalue weighted by molar-refractivity contribution is -0.140. The summed E-state index contributed by atoms with van der Waals surface area (Å²) in [4.78, 5) is 22.6. The molecule has 0 atom stereocenters. The summed E-state index contributed by atoms with van der Waals surface area (Å²) in [7, 11) is 1.41. The lowest BCUT2D eigenvalue weighted by Crippen LogP contribution is -2.10. The average Bonchev–Trinajstić information content (AvgIpc) is 2.51. The van der Waals surface area contributed by atoms with Gasteiger partial charge in [-0.3, -0.25) is 9.59 Å². The molecule has 0 bridgehead atoms. The molecule has 5 heteroatoms. The number of methoxy groups -OCH3 is 1. The molecule has 0 aromatic heterocycles. The summed E-state index contributed by atoms with van der Waals surface area (Å²) in [6, 6.07) is 6.44. The molecule has 0 aliphatic heterocycles. The number of anilines is 1. The fourth-order valence-electron chi connectivity index (χ4n) is 2.13. The number of phenols is 1. The Labute approximate surface area is 131 Å². The molecule has 0 aliphatic carbocycles. The maximum atomic E-state index is 11.7. The molecule has 0 spiro atoms. The molecule has 1 aromatic rings. The fourth-order valence-corrected chi connectivity index (χ4v) is 2.13. The predicted molar refractivity (Wildman–Crippen MR) is 85.7 cm³/mol. The van der Waals surface area contributed by atoms with Gasteiger partial charge in [0, 0.05) is 18.5 Å². The first-order chi connectivity index (χ1) is 10.6. The highest BCUT2D eigenvalue weighted by atomic mass is 16.5. The molecule has 0 saturated heterocycles. The van der Waals surface area contributed by atoms with E-state index in [4.69, 9.17) is 5.11 Å². The van der Waals surface area contributed by atoms with Gasteiger partial charge in [-0.05, 0) is 37.1 Å². The number of phenolic OH excluding ortho intramolecular Hbond substituents is 1. The van der Waals surface area contributed by atoms with Crippen LogP contribution in [0.3, 0.4) is 0 Å². The highest BCUT2D eigenvalue weighted by molar-refractivity contribution is 5.90. The van der Waals surface area contributed by atoms with Crippen molar-refractivity contribution in [2.75, 3.05) is 12.4 Å². The van der Waals surface area contributed by atoms with Crippen molar-refractivity contribution in [1.29, 1.82) is 0 Å². The van der Waals surface area contributed by atoms with Crippen molar-refractivity contribution >= 4 is 17.6 Å². The minimum absolute atomic E-state index is 0.00335.